The summed E-state index contributed by atoms with van der Waals surface area (Å²) in [5.74, 6) is -0.221. The van der Waals surface area contributed by atoms with Gasteiger partial charge in [-0.25, -0.2) is 0 Å². The zero-order valence-electron chi connectivity index (χ0n) is 13.5. The lowest BCUT2D eigenvalue weighted by atomic mass is 10.2. The highest BCUT2D eigenvalue weighted by atomic mass is 35.5. The quantitative estimate of drug-likeness (QED) is 0.725. The fourth-order valence-electron chi connectivity index (χ4n) is 2.11. The van der Waals surface area contributed by atoms with E-state index in [1.807, 2.05) is 43.3 Å². The molecule has 0 fully saturated rings. The van der Waals surface area contributed by atoms with Crippen LogP contribution in [0.3, 0.4) is 0 Å². The van der Waals surface area contributed by atoms with Gasteiger partial charge in [-0.05, 0) is 36.8 Å². The summed E-state index contributed by atoms with van der Waals surface area (Å²) in [4.78, 5) is 24.6. The van der Waals surface area contributed by atoms with E-state index in [0.29, 0.717) is 22.8 Å². The van der Waals surface area contributed by atoms with Crippen molar-refractivity contribution >= 4 is 46.6 Å². The van der Waals surface area contributed by atoms with Gasteiger partial charge in [0.1, 0.15) is 0 Å². The first-order chi connectivity index (χ1) is 11.5. The summed E-state index contributed by atoms with van der Waals surface area (Å²) in [6, 6.07) is 14.6. The number of anilines is 2. The first-order valence-corrected chi connectivity index (χ1v) is 8.85. The molecule has 0 aromatic heterocycles. The number of carbonyl (C=O) groups is 2. The zero-order chi connectivity index (χ0) is 17.5. The standard InChI is InChI=1S/C18H19ClN2O2S/c1-3-17(18(23)21-16-10-5-4-9-15(16)19)24-14-8-6-7-13(11-14)20-12(2)22/h4-11,17H,3H2,1-2H3,(H,20,22)(H,21,23). The SMILES string of the molecule is CCC(Sc1cccc(NC(C)=O)c1)C(=O)Nc1ccccc1Cl. The monoisotopic (exact) mass is 362 g/mol. The van der Waals surface area contributed by atoms with Crippen molar-refractivity contribution in [3.8, 4) is 0 Å². The molecule has 6 heteroatoms. The van der Waals surface area contributed by atoms with Gasteiger partial charge < -0.3 is 10.6 Å². The number of rotatable bonds is 6. The number of halogens is 1. The van der Waals surface area contributed by atoms with Crippen LogP contribution in [0.1, 0.15) is 20.3 Å². The van der Waals surface area contributed by atoms with E-state index < -0.39 is 0 Å². The topological polar surface area (TPSA) is 58.2 Å². The van der Waals surface area contributed by atoms with Crippen LogP contribution in [0.4, 0.5) is 11.4 Å². The summed E-state index contributed by atoms with van der Waals surface area (Å²) in [5, 5.41) is 5.87. The Labute approximate surface area is 151 Å². The highest BCUT2D eigenvalue weighted by Crippen LogP contribution is 2.29. The van der Waals surface area contributed by atoms with Crippen molar-refractivity contribution in [3.63, 3.8) is 0 Å². The molecule has 0 spiro atoms. The van der Waals surface area contributed by atoms with E-state index in [0.717, 1.165) is 4.90 Å². The van der Waals surface area contributed by atoms with Crippen LogP contribution < -0.4 is 10.6 Å². The number of thioether (sulfide) groups is 1. The van der Waals surface area contributed by atoms with Gasteiger partial charge in [-0.1, -0.05) is 36.7 Å². The molecule has 0 saturated heterocycles. The summed E-state index contributed by atoms with van der Waals surface area (Å²) in [5.41, 5.74) is 1.32. The van der Waals surface area contributed by atoms with Crippen molar-refractivity contribution in [2.24, 2.45) is 0 Å². The smallest absolute Gasteiger partial charge is 0.237 e. The zero-order valence-corrected chi connectivity index (χ0v) is 15.1. The minimum absolute atomic E-state index is 0.0967. The Bertz CT molecular complexity index is 736. The molecule has 24 heavy (non-hydrogen) atoms. The number of para-hydroxylation sites is 1. The fraction of sp³-hybridized carbons (Fsp3) is 0.222. The van der Waals surface area contributed by atoms with E-state index in [1.165, 1.54) is 18.7 Å². The van der Waals surface area contributed by atoms with Crippen LogP contribution in [0.25, 0.3) is 0 Å². The molecule has 0 bridgehead atoms. The number of benzene rings is 2. The molecule has 0 radical (unpaired) electrons. The maximum atomic E-state index is 12.5. The van der Waals surface area contributed by atoms with Crippen molar-refractivity contribution in [3.05, 3.63) is 53.6 Å². The van der Waals surface area contributed by atoms with Crippen LogP contribution in [-0.2, 0) is 9.59 Å². The van der Waals surface area contributed by atoms with Gasteiger partial charge in [0.2, 0.25) is 11.8 Å². The molecule has 0 aliphatic heterocycles. The Morgan fingerprint density at radius 1 is 1.12 bits per heavy atom. The molecule has 2 rings (SSSR count). The molecule has 2 N–H and O–H groups in total. The van der Waals surface area contributed by atoms with Gasteiger partial charge in [-0.15, -0.1) is 11.8 Å². The molecule has 2 aromatic carbocycles. The second kappa shape index (κ2) is 8.76. The Morgan fingerprint density at radius 2 is 1.88 bits per heavy atom. The van der Waals surface area contributed by atoms with Gasteiger partial charge in [0.25, 0.3) is 0 Å². The van der Waals surface area contributed by atoms with Gasteiger partial charge in [0, 0.05) is 17.5 Å². The lowest BCUT2D eigenvalue weighted by Gasteiger charge is -2.16. The van der Waals surface area contributed by atoms with Crippen LogP contribution in [0.2, 0.25) is 5.02 Å². The number of nitrogens with one attached hydrogen (secondary N) is 2. The van der Waals surface area contributed by atoms with E-state index in [9.17, 15) is 9.59 Å². The van der Waals surface area contributed by atoms with Crippen LogP contribution >= 0.6 is 23.4 Å². The molecule has 2 amide bonds. The number of hydrogen-bond donors (Lipinski definition) is 2. The van der Waals surface area contributed by atoms with E-state index in [1.54, 1.807) is 12.1 Å². The van der Waals surface area contributed by atoms with Crippen LogP contribution in [-0.4, -0.2) is 17.1 Å². The molecule has 0 aliphatic rings. The summed E-state index contributed by atoms with van der Waals surface area (Å²) in [7, 11) is 0. The van der Waals surface area contributed by atoms with Gasteiger partial charge in [-0.2, -0.15) is 0 Å². The molecule has 1 atom stereocenters. The summed E-state index contributed by atoms with van der Waals surface area (Å²) < 4.78 is 0. The Morgan fingerprint density at radius 3 is 2.54 bits per heavy atom. The molecule has 1 unspecified atom stereocenters. The van der Waals surface area contributed by atoms with E-state index in [4.69, 9.17) is 11.6 Å². The number of carbonyl (C=O) groups excluding carboxylic acids is 2. The number of hydrogen-bond acceptors (Lipinski definition) is 3. The largest absolute Gasteiger partial charge is 0.326 e. The van der Waals surface area contributed by atoms with Crippen LogP contribution in [0.5, 0.6) is 0 Å². The minimum Gasteiger partial charge on any atom is -0.326 e. The predicted molar refractivity (Wildman–Crippen MR) is 101 cm³/mol. The Hall–Kier alpha value is -1.98. The highest BCUT2D eigenvalue weighted by molar-refractivity contribution is 8.00. The molecule has 0 aliphatic carbocycles. The third-order valence-electron chi connectivity index (χ3n) is 3.23. The van der Waals surface area contributed by atoms with Crippen molar-refractivity contribution in [1.29, 1.82) is 0 Å². The first-order valence-electron chi connectivity index (χ1n) is 7.59. The van der Waals surface area contributed by atoms with E-state index in [2.05, 4.69) is 10.6 Å². The van der Waals surface area contributed by atoms with Crippen molar-refractivity contribution in [2.45, 2.75) is 30.4 Å². The highest BCUT2D eigenvalue weighted by Gasteiger charge is 2.19. The molecule has 0 saturated carbocycles. The average Bonchev–Trinajstić information content (AvgIpc) is 2.54. The minimum atomic E-state index is -0.256. The lowest BCUT2D eigenvalue weighted by molar-refractivity contribution is -0.116. The van der Waals surface area contributed by atoms with Crippen molar-refractivity contribution < 1.29 is 9.59 Å². The second-order valence-electron chi connectivity index (χ2n) is 5.19. The fourth-order valence-corrected chi connectivity index (χ4v) is 3.31. The first kappa shape index (κ1) is 18.4. The van der Waals surface area contributed by atoms with Gasteiger partial charge in [-0.3, -0.25) is 9.59 Å². The van der Waals surface area contributed by atoms with E-state index >= 15 is 0 Å². The third kappa shape index (κ3) is 5.28. The maximum Gasteiger partial charge on any atom is 0.237 e. The maximum absolute atomic E-state index is 12.5. The summed E-state index contributed by atoms with van der Waals surface area (Å²) in [6.07, 6.45) is 0.672. The average molecular weight is 363 g/mol. The van der Waals surface area contributed by atoms with Crippen molar-refractivity contribution in [1.82, 2.24) is 0 Å². The summed E-state index contributed by atoms with van der Waals surface area (Å²) >= 11 is 7.54. The predicted octanol–water partition coefficient (Wildman–Crippen LogP) is 4.81. The van der Waals surface area contributed by atoms with Gasteiger partial charge >= 0.3 is 0 Å². The van der Waals surface area contributed by atoms with Gasteiger partial charge in [0.15, 0.2) is 0 Å². The van der Waals surface area contributed by atoms with Crippen LogP contribution in [0.15, 0.2) is 53.4 Å². The number of amides is 2. The van der Waals surface area contributed by atoms with Crippen LogP contribution in [0, 0.1) is 0 Å². The van der Waals surface area contributed by atoms with Crippen molar-refractivity contribution in [2.75, 3.05) is 10.6 Å². The lowest BCUT2D eigenvalue weighted by Crippen LogP contribution is -2.24. The second-order valence-corrected chi connectivity index (χ2v) is 6.88. The molecular formula is C18H19ClN2O2S. The molecule has 126 valence electrons. The molecule has 0 heterocycles. The Balaban J connectivity index is 2.07. The Kier molecular flexibility index (Phi) is 6.70. The van der Waals surface area contributed by atoms with Gasteiger partial charge in [0.05, 0.1) is 16.0 Å². The molecule has 4 nitrogen and oxygen atoms in total. The van der Waals surface area contributed by atoms with E-state index in [-0.39, 0.29) is 17.1 Å². The normalized spacial score (nSPS) is 11.6. The molecular weight excluding hydrogens is 344 g/mol. The third-order valence-corrected chi connectivity index (χ3v) is 4.92. The summed E-state index contributed by atoms with van der Waals surface area (Å²) in [6.45, 7) is 3.42. The molecule has 2 aromatic rings.